The van der Waals surface area contributed by atoms with Gasteiger partial charge in [0.15, 0.2) is 0 Å². The number of rotatable bonds is 5. The molecule has 0 saturated carbocycles. The number of morpholine rings is 1. The molecule has 2 aliphatic heterocycles. The average Bonchev–Trinajstić information content (AvgIpc) is 0.982. The van der Waals surface area contributed by atoms with Crippen molar-refractivity contribution in [3.8, 4) is 22.3 Å². The predicted octanol–water partition coefficient (Wildman–Crippen LogP) is 43.6. The minimum Gasteiger partial charge on any atom is -0.378 e. The van der Waals surface area contributed by atoms with E-state index in [0.29, 0.717) is 21.7 Å². The predicted molar refractivity (Wildman–Crippen MR) is 665 cm³/mol. The van der Waals surface area contributed by atoms with E-state index in [-0.39, 0.29) is 49.1 Å². The largest absolute Gasteiger partial charge is 0.378 e. The Hall–Kier alpha value is -7.86. The van der Waals surface area contributed by atoms with Crippen molar-refractivity contribution in [2.45, 2.75) is 337 Å². The average molecular weight is 2260 g/mol. The Morgan fingerprint density at radius 3 is 0.946 bits per heavy atom. The van der Waals surface area contributed by atoms with E-state index < -0.39 is 0 Å². The van der Waals surface area contributed by atoms with Crippen LogP contribution in [-0.2, 0) is 65.3 Å². The molecule has 147 heavy (non-hydrogen) atoms. The molecule has 2 fully saturated rings. The molecule has 0 atom stereocenters. The summed E-state index contributed by atoms with van der Waals surface area (Å²) in [4.78, 5) is 6.40. The molecule has 1 aromatic heterocycles. The van der Waals surface area contributed by atoms with Crippen molar-refractivity contribution in [2.75, 3.05) is 49.2 Å². The molecular formula is C136H183Br3Cl3FN2OS. The van der Waals surface area contributed by atoms with Crippen molar-refractivity contribution < 1.29 is 9.13 Å². The summed E-state index contributed by atoms with van der Waals surface area (Å²) in [5.41, 5.74) is 26.6. The number of piperidine rings is 1. The Kier molecular flexibility index (Phi) is 50.9. The lowest BCUT2D eigenvalue weighted by molar-refractivity contribution is 0.122. The van der Waals surface area contributed by atoms with E-state index in [1.54, 1.807) is 12.1 Å². The summed E-state index contributed by atoms with van der Waals surface area (Å²) in [6, 6.07) is 103. The number of anilines is 2. The van der Waals surface area contributed by atoms with Crippen LogP contribution in [0.4, 0.5) is 15.8 Å². The van der Waals surface area contributed by atoms with Crippen molar-refractivity contribution in [3.63, 3.8) is 0 Å². The molecule has 0 radical (unpaired) electrons. The van der Waals surface area contributed by atoms with Crippen LogP contribution >= 0.6 is 93.9 Å². The smallest absolute Gasteiger partial charge is 0.123 e. The van der Waals surface area contributed by atoms with Crippen molar-refractivity contribution in [1.29, 1.82) is 0 Å². The number of nitrogens with zero attached hydrogens (tertiary/aromatic N) is 2. The molecule has 3 heterocycles. The van der Waals surface area contributed by atoms with E-state index >= 15 is 0 Å². The van der Waals surface area contributed by atoms with Gasteiger partial charge in [-0.25, -0.2) is 4.39 Å². The van der Waals surface area contributed by atoms with Gasteiger partial charge in [0.25, 0.3) is 0 Å². The van der Waals surface area contributed by atoms with E-state index in [9.17, 15) is 4.39 Å². The summed E-state index contributed by atoms with van der Waals surface area (Å²) < 4.78 is 21.7. The first-order valence-corrected chi connectivity index (χ1v) is 57.0. The molecule has 13 aromatic rings. The maximum absolute atomic E-state index is 12.8. The van der Waals surface area contributed by atoms with E-state index in [1.165, 1.54) is 126 Å². The Labute approximate surface area is 939 Å². The van der Waals surface area contributed by atoms with E-state index in [1.807, 2.05) is 41.7 Å². The van der Waals surface area contributed by atoms with E-state index in [0.717, 1.165) is 84.9 Å². The van der Waals surface area contributed by atoms with Crippen LogP contribution < -0.4 is 9.80 Å². The van der Waals surface area contributed by atoms with Crippen LogP contribution in [0.5, 0.6) is 0 Å². The van der Waals surface area contributed by atoms with Gasteiger partial charge in [-0.15, -0.1) is 11.3 Å². The lowest BCUT2D eigenvalue weighted by Gasteiger charge is -2.39. The highest BCUT2D eigenvalue weighted by Gasteiger charge is 2.30. The normalized spacial score (nSPS) is 13.2. The molecule has 15 rings (SSSR count). The minimum absolute atomic E-state index is 0.168. The maximum Gasteiger partial charge on any atom is 0.123 e. The zero-order valence-corrected chi connectivity index (χ0v) is 105. The van der Waals surface area contributed by atoms with Gasteiger partial charge in [-0.2, -0.15) is 0 Å². The lowest BCUT2D eigenvalue weighted by Crippen LogP contribution is -2.38. The lowest BCUT2D eigenvalue weighted by atomic mass is 9.75. The van der Waals surface area contributed by atoms with Gasteiger partial charge in [0.05, 0.1) is 13.2 Å². The van der Waals surface area contributed by atoms with E-state index in [4.69, 9.17) is 39.5 Å². The molecule has 0 amide bonds. The van der Waals surface area contributed by atoms with Crippen molar-refractivity contribution in [1.82, 2.24) is 0 Å². The third kappa shape index (κ3) is 48.8. The highest BCUT2D eigenvalue weighted by Crippen LogP contribution is 2.40. The Morgan fingerprint density at radius 2 is 0.633 bits per heavy atom. The van der Waals surface area contributed by atoms with Gasteiger partial charge in [-0.3, -0.25) is 0 Å². The molecule has 12 aromatic carbocycles. The van der Waals surface area contributed by atoms with Gasteiger partial charge in [-0.1, -0.05) is 520 Å². The fourth-order valence-electron chi connectivity index (χ4n) is 16.0. The van der Waals surface area contributed by atoms with Gasteiger partial charge in [0.2, 0.25) is 0 Å². The summed E-state index contributed by atoms with van der Waals surface area (Å²) in [6.07, 6.45) is 3.75. The zero-order valence-electron chi connectivity index (χ0n) is 97.2. The monoisotopic (exact) mass is 2250 g/mol. The summed E-state index contributed by atoms with van der Waals surface area (Å²) in [5.74, 6) is 0.674. The van der Waals surface area contributed by atoms with Crippen LogP contribution in [0.2, 0.25) is 15.1 Å². The number of hydrogen-bond acceptors (Lipinski definition) is 4. The topological polar surface area (TPSA) is 15.7 Å². The molecule has 0 bridgehead atoms. The zero-order chi connectivity index (χ0) is 111. The second-order valence-corrected chi connectivity index (χ2v) is 56.5. The highest BCUT2D eigenvalue weighted by atomic mass is 79.9. The molecule has 0 N–H and O–H groups in total. The van der Waals surface area contributed by atoms with Gasteiger partial charge in [-0.05, 0) is 308 Å². The number of benzene rings is 12. The molecule has 0 aliphatic carbocycles. The fourth-order valence-corrected chi connectivity index (χ4v) is 18.8. The molecule has 0 spiro atoms. The second-order valence-electron chi connectivity index (χ2n) is 51.6. The van der Waals surface area contributed by atoms with Crippen LogP contribution in [0.1, 0.15) is 334 Å². The van der Waals surface area contributed by atoms with Gasteiger partial charge in [0, 0.05) is 70.9 Å². The second kappa shape index (κ2) is 57.7. The van der Waals surface area contributed by atoms with Crippen molar-refractivity contribution >= 4 is 105 Å². The van der Waals surface area contributed by atoms with Crippen LogP contribution in [-0.4, -0.2) is 39.4 Å². The molecular weight excluding hydrogens is 2070 g/mol. The summed E-state index contributed by atoms with van der Waals surface area (Å²) in [7, 11) is 0. The number of ether oxygens (including phenoxy) is 1. The van der Waals surface area contributed by atoms with Crippen LogP contribution in [0.3, 0.4) is 0 Å². The maximum atomic E-state index is 12.8. The molecule has 2 saturated heterocycles. The quantitative estimate of drug-likeness (QED) is 0.171. The number of aryl methyl sites for hydroxylation is 2. The molecule has 2 aliphatic rings. The van der Waals surface area contributed by atoms with Gasteiger partial charge < -0.3 is 14.5 Å². The van der Waals surface area contributed by atoms with Crippen LogP contribution in [0, 0.1) is 36.4 Å². The number of hydrogen-bond donors (Lipinski definition) is 0. The third-order valence-corrected chi connectivity index (χ3v) is 29.8. The summed E-state index contributed by atoms with van der Waals surface area (Å²) in [6.45, 7) is 90.8. The number of thiophene rings is 1. The number of halogens is 7. The minimum atomic E-state index is -0.194. The van der Waals surface area contributed by atoms with E-state index in [2.05, 4.69) is 569 Å². The standard InChI is InChI=1S/C19H31N.C18H21Cl.C16H17F.C14H21NO.C11H15Cl.3C10H13Br.C10H13Cl.C10H14.C8H12S/c1-18(2,3)15-7-9-17(10-8-15)20-13-11-16(12-14-20)19(4,5)6;1-12-10-15(11-13(2)17(12)19)14-6-8-16(9-7-14)18(3,4)5;1-16(2,3)14-8-4-12(5-9-14)13-6-10-15(17)11-7-13;1-14(2,3)12-4-6-13(7-5-12)15-8-10-16-11-9-15;1-11(2,3)8-9-4-6-10(12)7-5-9;1-10(2,3)8-4-6-9(11)7-5-8;1-10(2,3)8-5-4-6-9(11)7-8;1-10(2,3)8-6-4-5-7-9(8)11;1-10(2,3)8-4-6-9(11)7-5-8;1-10(2,3)9-7-5-4-6-8-9;1-8(2,3)7-5-4-6-9-7/h7-10,16H,11-14H2,1-6H3;6-11H,1-5H3;4-11H,1-3H3;4-7H,8-11H2,1-3H3;4-7H,8H2,1-3H3;4*4-7H,1-3H3;4-8H,1-3H3;4-6H,1-3H3. The third-order valence-electron chi connectivity index (χ3n) is 25.7. The first kappa shape index (κ1) is 130. The van der Waals surface area contributed by atoms with Crippen molar-refractivity contribution in [3.05, 3.63) is 409 Å². The SMILES string of the molecule is CC(C)(C)Cc1ccc(Cl)cc1.CC(C)(C)c1ccc(-c2ccc(F)cc2)cc1.CC(C)(C)c1ccc(Br)cc1.CC(C)(C)c1ccc(Cl)cc1.CC(C)(C)c1ccc(N2CCC(C(C)(C)C)CC2)cc1.CC(C)(C)c1ccc(N2CCOCC2)cc1.CC(C)(C)c1cccc(Br)c1.CC(C)(C)c1ccccc1.CC(C)(C)c1ccccc1Br.CC(C)(C)c1cccs1.Cc1cc(-c2ccc(C(C)(C)C)cc2)cc(C)c1Cl. The van der Waals surface area contributed by atoms with Crippen LogP contribution in [0.25, 0.3) is 22.3 Å². The molecule has 798 valence electrons. The molecule has 11 heteroatoms. The first-order chi connectivity index (χ1) is 67.7. The Balaban J connectivity index is 0.000000287. The Morgan fingerprint density at radius 1 is 0.306 bits per heavy atom. The molecule has 0 unspecified atom stereocenters. The molecule has 3 nitrogen and oxygen atoms in total. The van der Waals surface area contributed by atoms with Gasteiger partial charge in [0.1, 0.15) is 5.82 Å². The Bertz CT molecular complexity index is 5840. The highest BCUT2D eigenvalue weighted by molar-refractivity contribution is 9.11. The van der Waals surface area contributed by atoms with Crippen molar-refractivity contribution in [2.24, 2.45) is 16.7 Å². The summed E-state index contributed by atoms with van der Waals surface area (Å²) in [5, 5.41) is 4.61. The van der Waals surface area contributed by atoms with Gasteiger partial charge >= 0.3 is 0 Å². The fraction of sp³-hybridized carbons (Fsp3) is 0.441. The first-order valence-electron chi connectivity index (χ1n) is 52.6. The van der Waals surface area contributed by atoms with Crippen LogP contribution in [0.15, 0.2) is 316 Å². The summed E-state index contributed by atoms with van der Waals surface area (Å²) >= 11 is 30.0.